The van der Waals surface area contributed by atoms with Crippen LogP contribution in [0.15, 0.2) is 0 Å². The van der Waals surface area contributed by atoms with Gasteiger partial charge in [0.2, 0.25) is 5.91 Å². The van der Waals surface area contributed by atoms with E-state index in [2.05, 4.69) is 5.32 Å². The summed E-state index contributed by atoms with van der Waals surface area (Å²) in [6.45, 7) is 5.60. The predicted molar refractivity (Wildman–Crippen MR) is 66.1 cm³/mol. The van der Waals surface area contributed by atoms with E-state index < -0.39 is 17.2 Å². The zero-order valence-corrected chi connectivity index (χ0v) is 11.4. The van der Waals surface area contributed by atoms with Crippen molar-refractivity contribution in [3.05, 3.63) is 0 Å². The van der Waals surface area contributed by atoms with Crippen LogP contribution in [0.2, 0.25) is 0 Å². The van der Waals surface area contributed by atoms with E-state index in [1.807, 2.05) is 0 Å². The molecule has 0 aromatic rings. The number of likely N-dealkylation sites (tertiary alicyclic amines) is 1. The molecule has 2 rings (SSSR count). The van der Waals surface area contributed by atoms with Gasteiger partial charge in [-0.3, -0.25) is 14.5 Å². The van der Waals surface area contributed by atoms with E-state index in [1.54, 1.807) is 20.8 Å². The number of rotatable bonds is 3. The molecule has 2 fully saturated rings. The van der Waals surface area contributed by atoms with Crippen LogP contribution >= 0.6 is 0 Å². The highest BCUT2D eigenvalue weighted by Gasteiger charge is 2.45. The predicted octanol–water partition coefficient (Wildman–Crippen LogP) is -0.700. The van der Waals surface area contributed by atoms with Crippen molar-refractivity contribution < 1.29 is 19.5 Å². The quantitative estimate of drug-likeness (QED) is 0.663. The molecule has 0 atom stereocenters. The van der Waals surface area contributed by atoms with E-state index in [-0.39, 0.29) is 24.8 Å². The Labute approximate surface area is 111 Å². The van der Waals surface area contributed by atoms with E-state index in [0.717, 1.165) is 4.90 Å². The number of carbonyl (C=O) groups is 3. The maximum absolute atomic E-state index is 11.9. The number of aliphatic hydroxyl groups is 1. The fraction of sp³-hybridized carbons (Fsp3) is 0.750. The van der Waals surface area contributed by atoms with Crippen molar-refractivity contribution in [2.45, 2.75) is 38.3 Å². The summed E-state index contributed by atoms with van der Waals surface area (Å²) in [5.74, 6) is -0.474. The Hall–Kier alpha value is -1.63. The maximum atomic E-state index is 11.9. The zero-order valence-electron chi connectivity index (χ0n) is 11.4. The molecular formula is C12H19N3O4. The highest BCUT2D eigenvalue weighted by Crippen LogP contribution is 2.21. The van der Waals surface area contributed by atoms with E-state index in [1.165, 1.54) is 4.90 Å². The topological polar surface area (TPSA) is 89.9 Å². The molecule has 19 heavy (non-hydrogen) atoms. The Morgan fingerprint density at radius 1 is 1.32 bits per heavy atom. The van der Waals surface area contributed by atoms with Crippen LogP contribution in [-0.2, 0) is 9.59 Å². The fourth-order valence-corrected chi connectivity index (χ4v) is 2.34. The molecule has 0 unspecified atom stereocenters. The fourth-order valence-electron chi connectivity index (χ4n) is 2.34. The highest BCUT2D eigenvalue weighted by molar-refractivity contribution is 6.06. The second kappa shape index (κ2) is 4.19. The first-order valence-electron chi connectivity index (χ1n) is 6.27. The molecule has 106 valence electrons. The molecular weight excluding hydrogens is 250 g/mol. The number of nitrogens with zero attached hydrogens (tertiary/aromatic N) is 2. The summed E-state index contributed by atoms with van der Waals surface area (Å²) in [5, 5.41) is 12.1. The van der Waals surface area contributed by atoms with Gasteiger partial charge in [-0.25, -0.2) is 4.79 Å². The Morgan fingerprint density at radius 2 is 1.89 bits per heavy atom. The molecule has 0 spiro atoms. The summed E-state index contributed by atoms with van der Waals surface area (Å²) in [5.41, 5.74) is -1.71. The lowest BCUT2D eigenvalue weighted by atomic mass is 9.96. The van der Waals surface area contributed by atoms with Crippen LogP contribution in [0.25, 0.3) is 0 Å². The van der Waals surface area contributed by atoms with Crippen molar-refractivity contribution in [3.8, 4) is 0 Å². The minimum absolute atomic E-state index is 0.0750. The number of hydrogen-bond donors (Lipinski definition) is 2. The van der Waals surface area contributed by atoms with Crippen molar-refractivity contribution in [2.75, 3.05) is 19.6 Å². The van der Waals surface area contributed by atoms with Crippen LogP contribution in [0.4, 0.5) is 4.79 Å². The van der Waals surface area contributed by atoms with Gasteiger partial charge in [-0.2, -0.15) is 0 Å². The van der Waals surface area contributed by atoms with Crippen molar-refractivity contribution in [3.63, 3.8) is 0 Å². The molecule has 2 aliphatic rings. The van der Waals surface area contributed by atoms with Gasteiger partial charge in [0, 0.05) is 13.0 Å². The molecule has 2 aliphatic heterocycles. The van der Waals surface area contributed by atoms with Gasteiger partial charge >= 0.3 is 6.03 Å². The first kappa shape index (κ1) is 13.8. The minimum Gasteiger partial charge on any atom is -0.386 e. The van der Waals surface area contributed by atoms with E-state index in [9.17, 15) is 19.5 Å². The van der Waals surface area contributed by atoms with Gasteiger partial charge < -0.3 is 15.3 Å². The number of nitrogens with one attached hydrogen (secondary N) is 1. The summed E-state index contributed by atoms with van der Waals surface area (Å²) in [7, 11) is 0. The number of urea groups is 1. The van der Waals surface area contributed by atoms with Crippen LogP contribution in [0.3, 0.4) is 0 Å². The lowest BCUT2D eigenvalue weighted by molar-refractivity contribution is -0.152. The average Bonchev–Trinajstić information content (AvgIpc) is 2.42. The number of amides is 4. The zero-order chi connectivity index (χ0) is 14.4. The lowest BCUT2D eigenvalue weighted by Crippen LogP contribution is -2.62. The van der Waals surface area contributed by atoms with E-state index in [0.29, 0.717) is 13.1 Å². The number of imide groups is 1. The minimum atomic E-state index is -0.902. The Bertz CT molecular complexity index is 436. The molecule has 0 aromatic heterocycles. The summed E-state index contributed by atoms with van der Waals surface area (Å²) in [6.07, 6.45) is 0.0886. The molecule has 0 bridgehead atoms. The molecule has 7 heteroatoms. The molecule has 2 heterocycles. The first-order valence-corrected chi connectivity index (χ1v) is 6.27. The monoisotopic (exact) mass is 269 g/mol. The summed E-state index contributed by atoms with van der Waals surface area (Å²) in [4.78, 5) is 37.9. The summed E-state index contributed by atoms with van der Waals surface area (Å²) >= 11 is 0. The molecule has 0 aliphatic carbocycles. The standard InChI is InChI=1S/C12H19N3O4/c1-11(2)9(17)15(10(18)13-11)5-4-8(16)14-6-12(3,19)7-14/h19H,4-7H2,1-3H3,(H,13,18). The highest BCUT2D eigenvalue weighted by atomic mass is 16.3. The second-order valence-corrected chi connectivity index (χ2v) is 6.01. The first-order chi connectivity index (χ1) is 8.62. The third-order valence-corrected chi connectivity index (χ3v) is 3.41. The second-order valence-electron chi connectivity index (χ2n) is 6.01. The van der Waals surface area contributed by atoms with Crippen LogP contribution in [-0.4, -0.2) is 63.5 Å². The summed E-state index contributed by atoms with van der Waals surface area (Å²) in [6, 6.07) is -0.460. The van der Waals surface area contributed by atoms with Gasteiger partial charge in [0.15, 0.2) is 0 Å². The number of hydrogen-bond acceptors (Lipinski definition) is 4. The van der Waals surface area contributed by atoms with E-state index >= 15 is 0 Å². The normalized spacial score (nSPS) is 24.2. The molecule has 2 N–H and O–H groups in total. The van der Waals surface area contributed by atoms with Crippen molar-refractivity contribution in [2.24, 2.45) is 0 Å². The Morgan fingerprint density at radius 3 is 2.32 bits per heavy atom. The Kier molecular flexibility index (Phi) is 3.04. The van der Waals surface area contributed by atoms with Crippen LogP contribution in [0.5, 0.6) is 0 Å². The molecule has 7 nitrogen and oxygen atoms in total. The molecule has 4 amide bonds. The smallest absolute Gasteiger partial charge is 0.325 e. The number of carbonyl (C=O) groups excluding carboxylic acids is 3. The van der Waals surface area contributed by atoms with Crippen LogP contribution in [0, 0.1) is 0 Å². The molecule has 0 radical (unpaired) electrons. The average molecular weight is 269 g/mol. The summed E-state index contributed by atoms with van der Waals surface area (Å²) < 4.78 is 0. The van der Waals surface area contributed by atoms with Crippen molar-refractivity contribution in [1.82, 2.24) is 15.1 Å². The third kappa shape index (κ3) is 2.56. The third-order valence-electron chi connectivity index (χ3n) is 3.41. The number of β-amino-alcohol motifs (C(OH)–C–C–N with tert-alkyl or cyclic N) is 1. The van der Waals surface area contributed by atoms with Gasteiger partial charge in [-0.15, -0.1) is 0 Å². The van der Waals surface area contributed by atoms with Gasteiger partial charge in [0.25, 0.3) is 5.91 Å². The van der Waals surface area contributed by atoms with Crippen molar-refractivity contribution in [1.29, 1.82) is 0 Å². The molecule has 2 saturated heterocycles. The lowest BCUT2D eigenvalue weighted by Gasteiger charge is -2.44. The van der Waals surface area contributed by atoms with Crippen LogP contribution in [0.1, 0.15) is 27.2 Å². The van der Waals surface area contributed by atoms with Gasteiger partial charge in [0.05, 0.1) is 18.7 Å². The van der Waals surface area contributed by atoms with Crippen molar-refractivity contribution >= 4 is 17.8 Å². The molecule has 0 saturated carbocycles. The van der Waals surface area contributed by atoms with Gasteiger partial charge in [-0.05, 0) is 20.8 Å². The van der Waals surface area contributed by atoms with Gasteiger partial charge in [-0.1, -0.05) is 0 Å². The SMILES string of the molecule is CC1(O)CN(C(=O)CCN2C(=O)NC(C)(C)C2=O)C1. The maximum Gasteiger partial charge on any atom is 0.325 e. The van der Waals surface area contributed by atoms with Gasteiger partial charge in [0.1, 0.15) is 5.54 Å². The van der Waals surface area contributed by atoms with E-state index in [4.69, 9.17) is 0 Å². The molecule has 0 aromatic carbocycles. The van der Waals surface area contributed by atoms with Crippen LogP contribution < -0.4 is 5.32 Å². The largest absolute Gasteiger partial charge is 0.386 e. The Balaban J connectivity index is 1.85.